The van der Waals surface area contributed by atoms with E-state index in [0.717, 1.165) is 46.9 Å². The van der Waals surface area contributed by atoms with E-state index in [4.69, 9.17) is 19.3 Å². The maximum atomic E-state index is 6.45. The summed E-state index contributed by atoms with van der Waals surface area (Å²) in [6.07, 6.45) is 1.59. The Morgan fingerprint density at radius 2 is 1.71 bits per heavy atom. The molecule has 5 heteroatoms. The molecular formula is C26H24N2O3. The van der Waals surface area contributed by atoms with E-state index in [9.17, 15) is 0 Å². The van der Waals surface area contributed by atoms with Crippen LogP contribution in [-0.2, 0) is 6.42 Å². The van der Waals surface area contributed by atoms with Gasteiger partial charge in [0.05, 0.1) is 11.8 Å². The Kier molecular flexibility index (Phi) is 4.34. The molecule has 31 heavy (non-hydrogen) atoms. The molecule has 0 aliphatic carbocycles. The van der Waals surface area contributed by atoms with Gasteiger partial charge >= 0.3 is 0 Å². The Morgan fingerprint density at radius 1 is 0.903 bits per heavy atom. The van der Waals surface area contributed by atoms with Crippen molar-refractivity contribution in [2.45, 2.75) is 32.0 Å². The molecule has 3 aliphatic rings. The topological polar surface area (TPSA) is 43.3 Å². The Bertz CT molecular complexity index is 1160. The Labute approximate surface area is 181 Å². The third-order valence-corrected chi connectivity index (χ3v) is 6.25. The lowest BCUT2D eigenvalue weighted by Crippen LogP contribution is -2.33. The van der Waals surface area contributed by atoms with Gasteiger partial charge < -0.3 is 14.2 Å². The Hall–Kier alpha value is -3.47. The van der Waals surface area contributed by atoms with Crippen molar-refractivity contribution in [2.24, 2.45) is 5.10 Å². The molecule has 0 unspecified atom stereocenters. The first-order chi connectivity index (χ1) is 15.3. The van der Waals surface area contributed by atoms with Crippen LogP contribution >= 0.6 is 0 Å². The molecule has 0 spiro atoms. The average Bonchev–Trinajstić information content (AvgIpc) is 3.29. The lowest BCUT2D eigenvalue weighted by molar-refractivity contribution is -0.0190. The number of fused-ring (bicyclic) bond motifs is 4. The first-order valence-corrected chi connectivity index (χ1v) is 10.9. The summed E-state index contributed by atoms with van der Waals surface area (Å²) in [6, 6.07) is 23.2. The summed E-state index contributed by atoms with van der Waals surface area (Å²) in [5, 5.41) is 7.18. The highest BCUT2D eigenvalue weighted by Crippen LogP contribution is 2.47. The van der Waals surface area contributed by atoms with Crippen LogP contribution in [0.3, 0.4) is 0 Å². The minimum atomic E-state index is -0.250. The fourth-order valence-electron chi connectivity index (χ4n) is 4.57. The summed E-state index contributed by atoms with van der Waals surface area (Å²) in [7, 11) is 0. The van der Waals surface area contributed by atoms with Gasteiger partial charge in [0.1, 0.15) is 19.0 Å². The van der Waals surface area contributed by atoms with E-state index in [2.05, 4.69) is 60.5 Å². The molecule has 3 aliphatic heterocycles. The van der Waals surface area contributed by atoms with E-state index in [-0.39, 0.29) is 12.3 Å². The normalized spacial score (nSPS) is 21.1. The van der Waals surface area contributed by atoms with Gasteiger partial charge in [0.15, 0.2) is 11.5 Å². The highest BCUT2D eigenvalue weighted by molar-refractivity contribution is 6.02. The highest BCUT2D eigenvalue weighted by Gasteiger charge is 2.41. The standard InChI is InChI=1S/C26H24N2O3/c1-2-17-7-9-18(10-8-17)26-28-22(20-5-3-4-6-23(20)31-26)16-21(27-28)19-11-12-24-25(15-19)30-14-13-29-24/h3-12,15,22,26H,2,13-14,16H2,1H3/t22-,26-/m0/s1. The smallest absolute Gasteiger partial charge is 0.213 e. The van der Waals surface area contributed by atoms with Crippen molar-refractivity contribution in [1.82, 2.24) is 5.01 Å². The molecule has 0 saturated heterocycles. The third-order valence-electron chi connectivity index (χ3n) is 6.25. The largest absolute Gasteiger partial charge is 0.486 e. The zero-order chi connectivity index (χ0) is 20.8. The van der Waals surface area contributed by atoms with Crippen LogP contribution in [0.15, 0.2) is 71.8 Å². The van der Waals surface area contributed by atoms with Gasteiger partial charge in [-0.15, -0.1) is 0 Å². The van der Waals surface area contributed by atoms with Gasteiger partial charge in [-0.2, -0.15) is 5.10 Å². The van der Waals surface area contributed by atoms with Crippen LogP contribution < -0.4 is 14.2 Å². The van der Waals surface area contributed by atoms with E-state index in [1.165, 1.54) is 11.1 Å². The summed E-state index contributed by atoms with van der Waals surface area (Å²) >= 11 is 0. The van der Waals surface area contributed by atoms with Crippen LogP contribution in [-0.4, -0.2) is 23.9 Å². The van der Waals surface area contributed by atoms with Gasteiger partial charge in [-0.3, -0.25) is 0 Å². The summed E-state index contributed by atoms with van der Waals surface area (Å²) in [5.74, 6) is 2.53. The third kappa shape index (κ3) is 3.12. The fourth-order valence-corrected chi connectivity index (χ4v) is 4.57. The highest BCUT2D eigenvalue weighted by atomic mass is 16.6. The minimum absolute atomic E-state index is 0.143. The van der Waals surface area contributed by atoms with Gasteiger partial charge in [0, 0.05) is 23.1 Å². The maximum absolute atomic E-state index is 6.45. The van der Waals surface area contributed by atoms with Crippen molar-refractivity contribution in [1.29, 1.82) is 0 Å². The molecule has 0 bridgehead atoms. The first-order valence-electron chi connectivity index (χ1n) is 10.9. The average molecular weight is 412 g/mol. The van der Waals surface area contributed by atoms with Crippen LogP contribution in [0.5, 0.6) is 17.2 Å². The second kappa shape index (κ2) is 7.34. The van der Waals surface area contributed by atoms with Crippen molar-refractivity contribution in [3.63, 3.8) is 0 Å². The van der Waals surface area contributed by atoms with Gasteiger partial charge in [0.25, 0.3) is 0 Å². The van der Waals surface area contributed by atoms with Crippen molar-refractivity contribution < 1.29 is 14.2 Å². The summed E-state index contributed by atoms with van der Waals surface area (Å²) in [4.78, 5) is 0. The lowest BCUT2D eigenvalue weighted by atomic mass is 9.95. The molecule has 3 aromatic carbocycles. The van der Waals surface area contributed by atoms with E-state index in [1.54, 1.807) is 0 Å². The second-order valence-electron chi connectivity index (χ2n) is 8.11. The molecule has 3 heterocycles. The van der Waals surface area contributed by atoms with Crippen LogP contribution in [0.1, 0.15) is 47.9 Å². The van der Waals surface area contributed by atoms with E-state index in [0.29, 0.717) is 13.2 Å². The molecule has 2 atom stereocenters. The Morgan fingerprint density at radius 3 is 2.55 bits per heavy atom. The SMILES string of the molecule is CCc1ccc([C@@H]2Oc3ccccc3[C@@H]3CC(c4ccc5c(c4)OCCO5)=NN32)cc1. The van der Waals surface area contributed by atoms with Gasteiger partial charge in [-0.1, -0.05) is 49.4 Å². The molecule has 0 amide bonds. The summed E-state index contributed by atoms with van der Waals surface area (Å²) in [6.45, 7) is 3.34. The number of para-hydroxylation sites is 1. The molecule has 0 saturated carbocycles. The predicted octanol–water partition coefficient (Wildman–Crippen LogP) is 5.26. The molecule has 0 radical (unpaired) electrons. The lowest BCUT2D eigenvalue weighted by Gasteiger charge is -2.38. The Balaban J connectivity index is 1.40. The van der Waals surface area contributed by atoms with Gasteiger partial charge in [-0.05, 0) is 36.2 Å². The maximum Gasteiger partial charge on any atom is 0.213 e. The van der Waals surface area contributed by atoms with Gasteiger partial charge in [0.2, 0.25) is 6.23 Å². The van der Waals surface area contributed by atoms with Crippen LogP contribution in [0, 0.1) is 0 Å². The van der Waals surface area contributed by atoms with E-state index in [1.807, 2.05) is 18.2 Å². The molecule has 5 nitrogen and oxygen atoms in total. The zero-order valence-electron chi connectivity index (χ0n) is 17.5. The van der Waals surface area contributed by atoms with Crippen LogP contribution in [0.2, 0.25) is 0 Å². The molecular weight excluding hydrogens is 388 g/mol. The zero-order valence-corrected chi connectivity index (χ0v) is 17.5. The van der Waals surface area contributed by atoms with Crippen molar-refractivity contribution in [3.8, 4) is 17.2 Å². The second-order valence-corrected chi connectivity index (χ2v) is 8.11. The monoisotopic (exact) mass is 412 g/mol. The molecule has 3 aromatic rings. The molecule has 0 aromatic heterocycles. The van der Waals surface area contributed by atoms with E-state index < -0.39 is 0 Å². The summed E-state index contributed by atoms with van der Waals surface area (Å²) in [5.41, 5.74) is 5.72. The molecule has 0 N–H and O–H groups in total. The minimum Gasteiger partial charge on any atom is -0.486 e. The van der Waals surface area contributed by atoms with Crippen molar-refractivity contribution >= 4 is 5.71 Å². The molecule has 156 valence electrons. The predicted molar refractivity (Wildman–Crippen MR) is 119 cm³/mol. The number of ether oxygens (including phenoxy) is 3. The molecule has 6 rings (SSSR count). The number of hydrazone groups is 1. The fraction of sp³-hybridized carbons (Fsp3) is 0.269. The van der Waals surface area contributed by atoms with Crippen LogP contribution in [0.4, 0.5) is 0 Å². The van der Waals surface area contributed by atoms with Crippen LogP contribution in [0.25, 0.3) is 0 Å². The molecule has 0 fully saturated rings. The quantitative estimate of drug-likeness (QED) is 0.588. The number of benzene rings is 3. The first kappa shape index (κ1) is 18.3. The number of aryl methyl sites for hydroxylation is 1. The number of rotatable bonds is 3. The van der Waals surface area contributed by atoms with Gasteiger partial charge in [-0.25, -0.2) is 5.01 Å². The number of nitrogens with zero attached hydrogens (tertiary/aromatic N) is 2. The van der Waals surface area contributed by atoms with E-state index >= 15 is 0 Å². The van der Waals surface area contributed by atoms with Crippen molar-refractivity contribution in [3.05, 3.63) is 89.0 Å². The number of hydrogen-bond acceptors (Lipinski definition) is 5. The number of hydrogen-bond donors (Lipinski definition) is 0. The van der Waals surface area contributed by atoms with Crippen molar-refractivity contribution in [2.75, 3.05) is 13.2 Å². The summed E-state index contributed by atoms with van der Waals surface area (Å²) < 4.78 is 17.9.